The van der Waals surface area contributed by atoms with E-state index in [0.717, 1.165) is 10.9 Å². The van der Waals surface area contributed by atoms with Crippen LogP contribution in [0.25, 0.3) is 0 Å². The number of ketones is 1. The van der Waals surface area contributed by atoms with E-state index in [1.165, 1.54) is 0 Å². The van der Waals surface area contributed by atoms with Crippen molar-refractivity contribution in [3.63, 3.8) is 0 Å². The number of halogens is 1. The lowest BCUT2D eigenvalue weighted by Gasteiger charge is -2.04. The van der Waals surface area contributed by atoms with Crippen LogP contribution in [-0.4, -0.2) is 29.3 Å². The maximum Gasteiger partial charge on any atom is 0.182 e. The molecule has 0 spiro atoms. The highest BCUT2D eigenvalue weighted by molar-refractivity contribution is 9.10. The van der Waals surface area contributed by atoms with E-state index >= 15 is 0 Å². The van der Waals surface area contributed by atoms with Gasteiger partial charge in [0.25, 0.3) is 0 Å². The molecule has 1 heterocycles. The predicted octanol–water partition coefficient (Wildman–Crippen LogP) is 2.27. The van der Waals surface area contributed by atoms with E-state index in [4.69, 9.17) is 4.74 Å². The number of aryl methyl sites for hydroxylation is 1. The van der Waals surface area contributed by atoms with Crippen LogP contribution in [0.15, 0.2) is 10.7 Å². The van der Waals surface area contributed by atoms with Crippen molar-refractivity contribution in [3.8, 4) is 0 Å². The highest BCUT2D eigenvalue weighted by Gasteiger charge is 2.15. The van der Waals surface area contributed by atoms with Gasteiger partial charge in [0.2, 0.25) is 0 Å². The fraction of sp³-hybridized carbons (Fsp3) is 0.600. The van der Waals surface area contributed by atoms with Crippen LogP contribution in [0.2, 0.25) is 0 Å². The molecule has 0 saturated carbocycles. The summed E-state index contributed by atoms with van der Waals surface area (Å²) in [5.74, 6) is 0.110. The number of ether oxygens (including phenoxy) is 1. The number of rotatable bonds is 6. The van der Waals surface area contributed by atoms with Gasteiger partial charge in [-0.3, -0.25) is 9.48 Å². The summed E-state index contributed by atoms with van der Waals surface area (Å²) in [5, 5.41) is 4.10. The van der Waals surface area contributed by atoms with Gasteiger partial charge in [-0.05, 0) is 29.3 Å². The number of Topliss-reactive ketones (excluding diaryl/α,β-unsaturated/α-hetero) is 1. The van der Waals surface area contributed by atoms with E-state index in [-0.39, 0.29) is 5.78 Å². The number of hydrogen-bond acceptors (Lipinski definition) is 3. The van der Waals surface area contributed by atoms with E-state index in [1.54, 1.807) is 18.0 Å². The SMILES string of the molecule is CCn1ncc(Br)c1C(=O)CCCOC. The van der Waals surface area contributed by atoms with Gasteiger partial charge >= 0.3 is 0 Å². The Kier molecular flexibility index (Phi) is 4.98. The molecule has 0 aliphatic heterocycles. The number of carbonyl (C=O) groups is 1. The molecule has 1 rings (SSSR count). The Morgan fingerprint density at radius 1 is 1.67 bits per heavy atom. The molecule has 0 saturated heterocycles. The third kappa shape index (κ3) is 3.14. The molecule has 15 heavy (non-hydrogen) atoms. The second-order valence-electron chi connectivity index (χ2n) is 3.18. The topological polar surface area (TPSA) is 44.1 Å². The molecule has 0 bridgehead atoms. The number of nitrogens with zero attached hydrogens (tertiary/aromatic N) is 2. The van der Waals surface area contributed by atoms with Crippen molar-refractivity contribution in [1.82, 2.24) is 9.78 Å². The summed E-state index contributed by atoms with van der Waals surface area (Å²) < 4.78 is 7.39. The Labute approximate surface area is 97.7 Å². The Balaban J connectivity index is 2.67. The van der Waals surface area contributed by atoms with Crippen LogP contribution < -0.4 is 0 Å². The molecular weight excluding hydrogens is 260 g/mol. The van der Waals surface area contributed by atoms with Gasteiger partial charge < -0.3 is 4.74 Å². The first-order valence-electron chi connectivity index (χ1n) is 4.94. The lowest BCUT2D eigenvalue weighted by Crippen LogP contribution is -2.10. The first-order chi connectivity index (χ1) is 7.20. The van der Waals surface area contributed by atoms with Crippen LogP contribution in [0, 0.1) is 0 Å². The van der Waals surface area contributed by atoms with Crippen LogP contribution >= 0.6 is 15.9 Å². The van der Waals surface area contributed by atoms with Gasteiger partial charge in [-0.1, -0.05) is 0 Å². The number of carbonyl (C=O) groups excluding carboxylic acids is 1. The molecule has 1 aromatic rings. The summed E-state index contributed by atoms with van der Waals surface area (Å²) in [6.45, 7) is 3.28. The molecule has 0 fully saturated rings. The number of methoxy groups -OCH3 is 1. The van der Waals surface area contributed by atoms with Gasteiger partial charge in [-0.2, -0.15) is 5.10 Å². The highest BCUT2D eigenvalue weighted by atomic mass is 79.9. The molecule has 0 unspecified atom stereocenters. The molecular formula is C10H15BrN2O2. The van der Waals surface area contributed by atoms with E-state index in [0.29, 0.717) is 25.3 Å². The second-order valence-corrected chi connectivity index (χ2v) is 4.03. The van der Waals surface area contributed by atoms with E-state index in [1.807, 2.05) is 6.92 Å². The first-order valence-corrected chi connectivity index (χ1v) is 5.73. The number of hydrogen-bond donors (Lipinski definition) is 0. The van der Waals surface area contributed by atoms with Gasteiger partial charge in [-0.25, -0.2) is 0 Å². The fourth-order valence-corrected chi connectivity index (χ4v) is 1.89. The molecule has 0 radical (unpaired) electrons. The van der Waals surface area contributed by atoms with Crippen molar-refractivity contribution in [2.24, 2.45) is 0 Å². The average Bonchev–Trinajstić information content (AvgIpc) is 2.59. The fourth-order valence-electron chi connectivity index (χ4n) is 1.37. The molecule has 0 aliphatic rings. The molecule has 0 N–H and O–H groups in total. The summed E-state index contributed by atoms with van der Waals surface area (Å²) in [6.07, 6.45) is 2.90. The summed E-state index contributed by atoms with van der Waals surface area (Å²) in [6, 6.07) is 0. The molecule has 0 amide bonds. The van der Waals surface area contributed by atoms with Gasteiger partial charge in [0.1, 0.15) is 5.69 Å². The zero-order valence-electron chi connectivity index (χ0n) is 8.99. The Hall–Kier alpha value is -0.680. The maximum absolute atomic E-state index is 11.8. The smallest absolute Gasteiger partial charge is 0.182 e. The Morgan fingerprint density at radius 2 is 2.40 bits per heavy atom. The van der Waals surface area contributed by atoms with E-state index in [2.05, 4.69) is 21.0 Å². The zero-order chi connectivity index (χ0) is 11.3. The third-order valence-corrected chi connectivity index (χ3v) is 2.69. The zero-order valence-corrected chi connectivity index (χ0v) is 10.6. The summed E-state index contributed by atoms with van der Waals surface area (Å²) in [7, 11) is 1.64. The van der Waals surface area contributed by atoms with E-state index in [9.17, 15) is 4.79 Å². The molecule has 4 nitrogen and oxygen atoms in total. The Morgan fingerprint density at radius 3 is 3.00 bits per heavy atom. The monoisotopic (exact) mass is 274 g/mol. The van der Waals surface area contributed by atoms with Crippen LogP contribution in [-0.2, 0) is 11.3 Å². The van der Waals surface area contributed by atoms with Gasteiger partial charge in [0.05, 0.1) is 10.7 Å². The third-order valence-electron chi connectivity index (χ3n) is 2.11. The van der Waals surface area contributed by atoms with Crippen molar-refractivity contribution in [2.75, 3.05) is 13.7 Å². The lowest BCUT2D eigenvalue weighted by atomic mass is 10.2. The first kappa shape index (κ1) is 12.4. The molecule has 1 aromatic heterocycles. The molecule has 84 valence electrons. The lowest BCUT2D eigenvalue weighted by molar-refractivity contribution is 0.0952. The number of aromatic nitrogens is 2. The van der Waals surface area contributed by atoms with Crippen LogP contribution in [0.1, 0.15) is 30.3 Å². The Bertz CT molecular complexity index is 336. The highest BCUT2D eigenvalue weighted by Crippen LogP contribution is 2.18. The maximum atomic E-state index is 11.8. The minimum absolute atomic E-state index is 0.110. The largest absolute Gasteiger partial charge is 0.385 e. The second kappa shape index (κ2) is 6.02. The van der Waals surface area contributed by atoms with Gasteiger partial charge in [0.15, 0.2) is 5.78 Å². The quantitative estimate of drug-likeness (QED) is 0.591. The minimum atomic E-state index is 0.110. The van der Waals surface area contributed by atoms with Crippen molar-refractivity contribution in [1.29, 1.82) is 0 Å². The van der Waals surface area contributed by atoms with Crippen molar-refractivity contribution in [2.45, 2.75) is 26.3 Å². The van der Waals surface area contributed by atoms with Crippen LogP contribution in [0.4, 0.5) is 0 Å². The van der Waals surface area contributed by atoms with Crippen molar-refractivity contribution < 1.29 is 9.53 Å². The molecule has 0 aromatic carbocycles. The van der Waals surface area contributed by atoms with Gasteiger partial charge in [0, 0.05) is 26.7 Å². The van der Waals surface area contributed by atoms with Crippen molar-refractivity contribution in [3.05, 3.63) is 16.4 Å². The summed E-state index contributed by atoms with van der Waals surface area (Å²) in [5.41, 5.74) is 0.661. The van der Waals surface area contributed by atoms with Gasteiger partial charge in [-0.15, -0.1) is 0 Å². The predicted molar refractivity (Wildman–Crippen MR) is 61.0 cm³/mol. The van der Waals surface area contributed by atoms with Crippen LogP contribution in [0.3, 0.4) is 0 Å². The van der Waals surface area contributed by atoms with Crippen LogP contribution in [0.5, 0.6) is 0 Å². The molecule has 5 heteroatoms. The normalized spacial score (nSPS) is 10.6. The molecule has 0 atom stereocenters. The summed E-state index contributed by atoms with van der Waals surface area (Å²) >= 11 is 3.33. The average molecular weight is 275 g/mol. The minimum Gasteiger partial charge on any atom is -0.385 e. The standard InChI is InChI=1S/C10H15BrN2O2/c1-3-13-10(8(11)7-12-13)9(14)5-4-6-15-2/h7H,3-6H2,1-2H3. The summed E-state index contributed by atoms with van der Waals surface area (Å²) in [4.78, 5) is 11.8. The molecule has 0 aliphatic carbocycles. The van der Waals surface area contributed by atoms with E-state index < -0.39 is 0 Å². The van der Waals surface area contributed by atoms with Crippen molar-refractivity contribution >= 4 is 21.7 Å².